The quantitative estimate of drug-likeness (QED) is 0.279. The van der Waals surface area contributed by atoms with Gasteiger partial charge in [0.05, 0.1) is 54.1 Å². The Labute approximate surface area is 254 Å². The Kier molecular flexibility index (Phi) is 7.70. The number of hydrogen-bond donors (Lipinski definition) is 2. The summed E-state index contributed by atoms with van der Waals surface area (Å²) in [7, 11) is 7.83. The van der Waals surface area contributed by atoms with Crippen molar-refractivity contribution in [1.29, 1.82) is 0 Å². The third-order valence-corrected chi connectivity index (χ3v) is 8.38. The van der Waals surface area contributed by atoms with Gasteiger partial charge in [-0.05, 0) is 65.3 Å². The standard InChI is InChI=1S/C31H32N2O9S/c1-35-20-7-6-16(10-21(20)36-2)32-31(43)33-28-18-12-23-22(41-14-42-23)11-17(18)26(27-19(28)13-40-30(27)34)15-8-24(37-3)29(39-5)25(9-15)38-4/h6-12,19,26-28H,13-14H2,1-5H3,(H2,32,33,43)/t19-,26+,27-,28+/m0/s1. The second kappa shape index (κ2) is 11.6. The number of rotatable bonds is 8. The Morgan fingerprint density at radius 1 is 0.791 bits per heavy atom. The summed E-state index contributed by atoms with van der Waals surface area (Å²) in [5.41, 5.74) is 3.32. The molecule has 0 aromatic heterocycles. The molecule has 6 rings (SSSR count). The number of carbonyl (C=O) groups excluding carboxylic acids is 1. The van der Waals surface area contributed by atoms with Crippen LogP contribution in [0.5, 0.6) is 40.2 Å². The number of fused-ring (bicyclic) bond motifs is 3. The van der Waals surface area contributed by atoms with Gasteiger partial charge in [0.25, 0.3) is 0 Å². The third kappa shape index (κ3) is 4.95. The molecule has 1 saturated heterocycles. The van der Waals surface area contributed by atoms with Gasteiger partial charge in [-0.3, -0.25) is 4.79 Å². The van der Waals surface area contributed by atoms with E-state index in [-0.39, 0.29) is 31.3 Å². The summed E-state index contributed by atoms with van der Waals surface area (Å²) in [6.07, 6.45) is 0. The lowest BCUT2D eigenvalue weighted by Gasteiger charge is -2.40. The zero-order chi connectivity index (χ0) is 30.2. The van der Waals surface area contributed by atoms with Crippen molar-refractivity contribution < 1.29 is 42.7 Å². The molecule has 2 aliphatic heterocycles. The minimum absolute atomic E-state index is 0.110. The highest BCUT2D eigenvalue weighted by molar-refractivity contribution is 7.80. The van der Waals surface area contributed by atoms with Crippen molar-refractivity contribution in [2.45, 2.75) is 12.0 Å². The van der Waals surface area contributed by atoms with Crippen LogP contribution in [0.4, 0.5) is 5.69 Å². The van der Waals surface area contributed by atoms with E-state index in [9.17, 15) is 4.79 Å². The predicted molar refractivity (Wildman–Crippen MR) is 160 cm³/mol. The number of anilines is 1. The Hall–Kier alpha value is -4.58. The molecule has 3 aromatic rings. The Bertz CT molecular complexity index is 1550. The largest absolute Gasteiger partial charge is 0.493 e. The summed E-state index contributed by atoms with van der Waals surface area (Å²) in [6, 6.07) is 12.7. The monoisotopic (exact) mass is 608 g/mol. The summed E-state index contributed by atoms with van der Waals surface area (Å²) < 4.78 is 44.9. The zero-order valence-corrected chi connectivity index (χ0v) is 25.2. The molecule has 0 spiro atoms. The highest BCUT2D eigenvalue weighted by Gasteiger charge is 2.53. The van der Waals surface area contributed by atoms with Crippen molar-refractivity contribution in [3.8, 4) is 40.2 Å². The third-order valence-electron chi connectivity index (χ3n) is 8.16. The van der Waals surface area contributed by atoms with E-state index in [0.29, 0.717) is 51.0 Å². The highest BCUT2D eigenvalue weighted by Crippen LogP contribution is 2.55. The van der Waals surface area contributed by atoms with Crippen molar-refractivity contribution in [1.82, 2.24) is 5.32 Å². The van der Waals surface area contributed by atoms with Gasteiger partial charge in [-0.15, -0.1) is 0 Å². The Morgan fingerprint density at radius 2 is 1.44 bits per heavy atom. The van der Waals surface area contributed by atoms with E-state index in [1.54, 1.807) is 47.7 Å². The molecule has 43 heavy (non-hydrogen) atoms. The lowest BCUT2D eigenvalue weighted by Crippen LogP contribution is -2.44. The van der Waals surface area contributed by atoms with E-state index in [1.807, 2.05) is 30.3 Å². The van der Waals surface area contributed by atoms with E-state index < -0.39 is 11.8 Å². The minimum atomic E-state index is -0.531. The van der Waals surface area contributed by atoms with Gasteiger partial charge in [0.1, 0.15) is 0 Å². The number of methoxy groups -OCH3 is 5. The molecule has 0 unspecified atom stereocenters. The van der Waals surface area contributed by atoms with E-state index >= 15 is 0 Å². The second-order valence-electron chi connectivity index (χ2n) is 10.2. The van der Waals surface area contributed by atoms with E-state index in [4.69, 9.17) is 50.1 Å². The predicted octanol–water partition coefficient (Wildman–Crippen LogP) is 4.42. The first-order valence-corrected chi connectivity index (χ1v) is 14.0. The molecule has 1 aliphatic carbocycles. The molecule has 4 atom stereocenters. The lowest BCUT2D eigenvalue weighted by molar-refractivity contribution is -0.141. The van der Waals surface area contributed by atoms with Gasteiger partial charge < -0.3 is 48.5 Å². The molecule has 1 fully saturated rings. The number of ether oxygens (including phenoxy) is 8. The fourth-order valence-electron chi connectivity index (χ4n) is 6.25. The molecule has 12 heteroatoms. The van der Waals surface area contributed by atoms with Crippen LogP contribution in [0.3, 0.4) is 0 Å². The highest BCUT2D eigenvalue weighted by atomic mass is 32.1. The molecule has 2 heterocycles. The number of hydrogen-bond acceptors (Lipinski definition) is 10. The first-order valence-electron chi connectivity index (χ1n) is 13.6. The van der Waals surface area contributed by atoms with Gasteiger partial charge in [-0.25, -0.2) is 0 Å². The van der Waals surface area contributed by atoms with Crippen LogP contribution in [0, 0.1) is 11.8 Å². The average molecular weight is 609 g/mol. The van der Waals surface area contributed by atoms with Gasteiger partial charge in [0.15, 0.2) is 39.6 Å². The molecule has 0 radical (unpaired) electrons. The molecular weight excluding hydrogens is 576 g/mol. The number of cyclic esters (lactones) is 1. The summed E-state index contributed by atoms with van der Waals surface area (Å²) >= 11 is 5.77. The molecule has 0 amide bonds. The van der Waals surface area contributed by atoms with Crippen LogP contribution in [0.15, 0.2) is 42.5 Å². The number of carbonyl (C=O) groups is 1. The molecule has 3 aliphatic rings. The minimum Gasteiger partial charge on any atom is -0.493 e. The van der Waals surface area contributed by atoms with Crippen LogP contribution < -0.4 is 43.8 Å². The number of thiocarbonyl (C=S) groups is 1. The summed E-state index contributed by atoms with van der Waals surface area (Å²) in [4.78, 5) is 13.5. The van der Waals surface area contributed by atoms with Crippen molar-refractivity contribution >= 4 is 29.0 Å². The van der Waals surface area contributed by atoms with Crippen LogP contribution in [0.1, 0.15) is 28.7 Å². The Balaban J connectivity index is 1.42. The molecule has 226 valence electrons. The Morgan fingerprint density at radius 3 is 2.07 bits per heavy atom. The van der Waals surface area contributed by atoms with Crippen LogP contribution >= 0.6 is 12.2 Å². The van der Waals surface area contributed by atoms with Gasteiger partial charge in [-0.2, -0.15) is 0 Å². The smallest absolute Gasteiger partial charge is 0.310 e. The van der Waals surface area contributed by atoms with Crippen LogP contribution in [0.2, 0.25) is 0 Å². The maximum absolute atomic E-state index is 13.5. The van der Waals surface area contributed by atoms with Crippen LogP contribution in [-0.4, -0.2) is 60.0 Å². The molecule has 3 aromatic carbocycles. The van der Waals surface area contributed by atoms with Crippen molar-refractivity contribution in [3.63, 3.8) is 0 Å². The molecule has 0 bridgehead atoms. The first-order chi connectivity index (χ1) is 20.9. The normalized spacial score (nSPS) is 21.2. The van der Waals surface area contributed by atoms with Crippen LogP contribution in [0.25, 0.3) is 0 Å². The topological polar surface area (TPSA) is 115 Å². The fraction of sp³-hybridized carbons (Fsp3) is 0.355. The maximum Gasteiger partial charge on any atom is 0.310 e. The van der Waals surface area contributed by atoms with Gasteiger partial charge >= 0.3 is 5.97 Å². The molecule has 11 nitrogen and oxygen atoms in total. The van der Waals surface area contributed by atoms with E-state index in [2.05, 4.69) is 10.6 Å². The summed E-state index contributed by atoms with van der Waals surface area (Å²) in [5, 5.41) is 7.06. The average Bonchev–Trinajstić information content (AvgIpc) is 3.65. The lowest BCUT2D eigenvalue weighted by atomic mass is 9.65. The fourth-order valence-corrected chi connectivity index (χ4v) is 6.50. The van der Waals surface area contributed by atoms with E-state index in [1.165, 1.54) is 0 Å². The van der Waals surface area contributed by atoms with Crippen LogP contribution in [-0.2, 0) is 9.53 Å². The second-order valence-corrected chi connectivity index (χ2v) is 10.6. The summed E-state index contributed by atoms with van der Waals surface area (Å²) in [6.45, 7) is 0.328. The van der Waals surface area contributed by atoms with Crippen molar-refractivity contribution in [2.75, 3.05) is 54.3 Å². The summed E-state index contributed by atoms with van der Waals surface area (Å²) in [5.74, 6) is 2.35. The molecule has 2 N–H and O–H groups in total. The van der Waals surface area contributed by atoms with Crippen molar-refractivity contribution in [3.05, 3.63) is 59.2 Å². The van der Waals surface area contributed by atoms with Gasteiger partial charge in [-0.1, -0.05) is 0 Å². The SMILES string of the molecule is COc1ccc(NC(=S)N[C@@H]2c3cc4c(cc3[C@@H](c3cc(OC)c(OC)c(OC)c3)[C@H]3C(=O)OC[C@@H]32)OCO4)cc1OC. The zero-order valence-electron chi connectivity index (χ0n) is 24.3. The van der Waals surface area contributed by atoms with E-state index in [0.717, 1.165) is 16.7 Å². The molecule has 0 saturated carbocycles. The number of nitrogens with one attached hydrogen (secondary N) is 2. The van der Waals surface area contributed by atoms with Crippen molar-refractivity contribution in [2.24, 2.45) is 11.8 Å². The number of benzene rings is 3. The maximum atomic E-state index is 13.5. The van der Waals surface area contributed by atoms with Gasteiger partial charge in [0.2, 0.25) is 12.5 Å². The molecular formula is C31H32N2O9S. The first kappa shape index (κ1) is 28.5. The number of esters is 1. The van der Waals surface area contributed by atoms with Gasteiger partial charge in [0, 0.05) is 23.6 Å².